The Balaban J connectivity index is 2.16. The van der Waals surface area contributed by atoms with Gasteiger partial charge in [0.15, 0.2) is 0 Å². The average Bonchev–Trinajstić information content (AvgIpc) is 2.47. The summed E-state index contributed by atoms with van der Waals surface area (Å²) in [6, 6.07) is 4.95. The van der Waals surface area contributed by atoms with Crippen LogP contribution in [0.2, 0.25) is 5.02 Å². The molecule has 0 amide bonds. The average molecular weight is 313 g/mol. The van der Waals surface area contributed by atoms with Crippen molar-refractivity contribution in [1.82, 2.24) is 10.3 Å². The molecule has 0 aliphatic heterocycles. The van der Waals surface area contributed by atoms with Crippen LogP contribution in [0.1, 0.15) is 30.1 Å². The fraction of sp³-hybridized carbons (Fsp3) is 0.267. The van der Waals surface area contributed by atoms with Crippen molar-refractivity contribution in [3.8, 4) is 0 Å². The molecule has 2 N–H and O–H groups in total. The summed E-state index contributed by atoms with van der Waals surface area (Å²) in [5, 5.41) is 12.6. The number of halogens is 3. The molecular weight excluding hydrogens is 298 g/mol. The number of aliphatic hydroxyl groups is 1. The SMILES string of the molecule is CC(NC(CO)c1ccc(Cl)c(F)c1)c1cncc(F)c1. The molecule has 1 aromatic heterocycles. The Bertz CT molecular complexity index is 624. The van der Waals surface area contributed by atoms with E-state index in [2.05, 4.69) is 10.3 Å². The lowest BCUT2D eigenvalue weighted by atomic mass is 10.0. The maximum atomic E-state index is 13.5. The van der Waals surface area contributed by atoms with Crippen LogP contribution in [0, 0.1) is 11.6 Å². The normalized spacial score (nSPS) is 14.0. The molecule has 2 rings (SSSR count). The molecule has 21 heavy (non-hydrogen) atoms. The minimum absolute atomic E-state index is 0.0258. The van der Waals surface area contributed by atoms with E-state index >= 15 is 0 Å². The number of aliphatic hydroxyl groups excluding tert-OH is 1. The van der Waals surface area contributed by atoms with Crippen molar-refractivity contribution < 1.29 is 13.9 Å². The lowest BCUT2D eigenvalue weighted by Crippen LogP contribution is -2.27. The molecule has 0 bridgehead atoms. The van der Waals surface area contributed by atoms with Gasteiger partial charge in [-0.05, 0) is 36.2 Å². The molecule has 0 fully saturated rings. The molecule has 0 aliphatic carbocycles. The number of pyridine rings is 1. The van der Waals surface area contributed by atoms with Crippen LogP contribution in [-0.2, 0) is 0 Å². The zero-order valence-corrected chi connectivity index (χ0v) is 12.1. The van der Waals surface area contributed by atoms with E-state index in [1.54, 1.807) is 6.07 Å². The minimum atomic E-state index is -0.547. The van der Waals surface area contributed by atoms with Gasteiger partial charge in [-0.15, -0.1) is 0 Å². The third kappa shape index (κ3) is 3.97. The van der Waals surface area contributed by atoms with Gasteiger partial charge in [-0.3, -0.25) is 4.98 Å². The highest BCUT2D eigenvalue weighted by Crippen LogP contribution is 2.23. The van der Waals surface area contributed by atoms with Crippen molar-refractivity contribution >= 4 is 11.6 Å². The summed E-state index contributed by atoms with van der Waals surface area (Å²) in [5.41, 5.74) is 1.21. The van der Waals surface area contributed by atoms with Crippen LogP contribution in [0.25, 0.3) is 0 Å². The summed E-state index contributed by atoms with van der Waals surface area (Å²) in [6.45, 7) is 1.58. The molecule has 1 heterocycles. The molecule has 2 aromatic rings. The first-order valence-corrected chi connectivity index (χ1v) is 6.81. The van der Waals surface area contributed by atoms with E-state index in [1.807, 2.05) is 6.92 Å². The number of hydrogen-bond donors (Lipinski definition) is 2. The van der Waals surface area contributed by atoms with Gasteiger partial charge in [0, 0.05) is 12.2 Å². The van der Waals surface area contributed by atoms with Crippen molar-refractivity contribution in [3.63, 3.8) is 0 Å². The Morgan fingerprint density at radius 3 is 2.62 bits per heavy atom. The number of nitrogens with zero attached hydrogens (tertiary/aromatic N) is 1. The van der Waals surface area contributed by atoms with Crippen LogP contribution in [0.15, 0.2) is 36.7 Å². The molecule has 2 atom stereocenters. The van der Waals surface area contributed by atoms with Crippen LogP contribution >= 0.6 is 11.6 Å². The second-order valence-electron chi connectivity index (χ2n) is 4.73. The largest absolute Gasteiger partial charge is 0.394 e. The van der Waals surface area contributed by atoms with Crippen molar-refractivity contribution in [2.24, 2.45) is 0 Å². The molecule has 2 unspecified atom stereocenters. The maximum absolute atomic E-state index is 13.5. The summed E-state index contributed by atoms with van der Waals surface area (Å²) >= 11 is 5.64. The predicted molar refractivity (Wildman–Crippen MR) is 77.0 cm³/mol. The summed E-state index contributed by atoms with van der Waals surface area (Å²) in [7, 11) is 0. The van der Waals surface area contributed by atoms with Gasteiger partial charge >= 0.3 is 0 Å². The summed E-state index contributed by atoms with van der Waals surface area (Å²) in [4.78, 5) is 3.78. The summed E-state index contributed by atoms with van der Waals surface area (Å²) < 4.78 is 26.7. The van der Waals surface area contributed by atoms with E-state index in [4.69, 9.17) is 11.6 Å². The number of aromatic nitrogens is 1. The zero-order chi connectivity index (χ0) is 15.4. The van der Waals surface area contributed by atoms with E-state index in [-0.39, 0.29) is 17.7 Å². The molecule has 1 aromatic carbocycles. The Morgan fingerprint density at radius 1 is 1.24 bits per heavy atom. The fourth-order valence-electron chi connectivity index (χ4n) is 2.05. The number of hydrogen-bond acceptors (Lipinski definition) is 3. The van der Waals surface area contributed by atoms with Gasteiger partial charge in [0.05, 0.1) is 23.9 Å². The topological polar surface area (TPSA) is 45.1 Å². The smallest absolute Gasteiger partial charge is 0.142 e. The molecule has 3 nitrogen and oxygen atoms in total. The highest BCUT2D eigenvalue weighted by atomic mass is 35.5. The molecule has 0 saturated heterocycles. The monoisotopic (exact) mass is 312 g/mol. The van der Waals surface area contributed by atoms with E-state index < -0.39 is 17.7 Å². The third-order valence-electron chi connectivity index (χ3n) is 3.21. The second-order valence-corrected chi connectivity index (χ2v) is 5.14. The Kier molecular flexibility index (Phi) is 5.22. The molecule has 0 spiro atoms. The van der Waals surface area contributed by atoms with Gasteiger partial charge in [-0.1, -0.05) is 17.7 Å². The van der Waals surface area contributed by atoms with E-state index in [1.165, 1.54) is 24.4 Å². The minimum Gasteiger partial charge on any atom is -0.394 e. The Hall–Kier alpha value is -1.56. The van der Waals surface area contributed by atoms with Crippen LogP contribution in [0.3, 0.4) is 0 Å². The third-order valence-corrected chi connectivity index (χ3v) is 3.51. The molecule has 0 saturated carbocycles. The van der Waals surface area contributed by atoms with Crippen molar-refractivity contribution in [3.05, 3.63) is 64.4 Å². The number of rotatable bonds is 5. The highest BCUT2D eigenvalue weighted by Gasteiger charge is 2.16. The molecule has 6 heteroatoms. The summed E-state index contributed by atoms with van der Waals surface area (Å²) in [5.74, 6) is -0.978. The first-order valence-electron chi connectivity index (χ1n) is 6.43. The zero-order valence-electron chi connectivity index (χ0n) is 11.4. The predicted octanol–water partition coefficient (Wildman–Crippen LogP) is 3.40. The van der Waals surface area contributed by atoms with Gasteiger partial charge in [0.25, 0.3) is 0 Å². The lowest BCUT2D eigenvalue weighted by Gasteiger charge is -2.22. The highest BCUT2D eigenvalue weighted by molar-refractivity contribution is 6.30. The van der Waals surface area contributed by atoms with Crippen LogP contribution in [-0.4, -0.2) is 16.7 Å². The van der Waals surface area contributed by atoms with Gasteiger partial charge in [0.2, 0.25) is 0 Å². The van der Waals surface area contributed by atoms with Gasteiger partial charge in [-0.2, -0.15) is 0 Å². The van der Waals surface area contributed by atoms with E-state index in [0.29, 0.717) is 11.1 Å². The van der Waals surface area contributed by atoms with Crippen LogP contribution < -0.4 is 5.32 Å². The molecule has 112 valence electrons. The second kappa shape index (κ2) is 6.93. The lowest BCUT2D eigenvalue weighted by molar-refractivity contribution is 0.235. The standard InChI is InChI=1S/C15H15ClF2N2O/c1-9(11-4-12(17)7-19-6-11)20-15(8-21)10-2-3-13(16)14(18)5-10/h2-7,9,15,20-21H,8H2,1H3. The molecule has 0 radical (unpaired) electrons. The molecule has 0 aliphatic rings. The van der Waals surface area contributed by atoms with E-state index in [9.17, 15) is 13.9 Å². The first-order chi connectivity index (χ1) is 10.0. The summed E-state index contributed by atoms with van der Waals surface area (Å²) in [6.07, 6.45) is 2.66. The van der Waals surface area contributed by atoms with Crippen molar-refractivity contribution in [2.75, 3.05) is 6.61 Å². The number of nitrogens with one attached hydrogen (secondary N) is 1. The Morgan fingerprint density at radius 2 is 2.00 bits per heavy atom. The maximum Gasteiger partial charge on any atom is 0.142 e. The number of benzene rings is 1. The van der Waals surface area contributed by atoms with Crippen LogP contribution in [0.5, 0.6) is 0 Å². The van der Waals surface area contributed by atoms with Gasteiger partial charge in [0.1, 0.15) is 11.6 Å². The van der Waals surface area contributed by atoms with E-state index in [0.717, 1.165) is 6.20 Å². The van der Waals surface area contributed by atoms with Crippen molar-refractivity contribution in [1.29, 1.82) is 0 Å². The van der Waals surface area contributed by atoms with Gasteiger partial charge in [-0.25, -0.2) is 8.78 Å². The quantitative estimate of drug-likeness (QED) is 0.889. The molecular formula is C15H15ClF2N2O. The van der Waals surface area contributed by atoms with Crippen molar-refractivity contribution in [2.45, 2.75) is 19.0 Å². The fourth-order valence-corrected chi connectivity index (χ4v) is 2.16. The van der Waals surface area contributed by atoms with Gasteiger partial charge < -0.3 is 10.4 Å². The van der Waals surface area contributed by atoms with Crippen LogP contribution in [0.4, 0.5) is 8.78 Å². The first kappa shape index (κ1) is 15.8. The Labute approximate surface area is 126 Å².